The molecule has 1 rings (SSSR count). The third kappa shape index (κ3) is 1.95. The summed E-state index contributed by atoms with van der Waals surface area (Å²) in [5, 5.41) is 8.97. The minimum atomic E-state index is 0.220. The Hall–Kier alpha value is -1.57. The van der Waals surface area contributed by atoms with E-state index >= 15 is 0 Å². The second-order valence-electron chi connectivity index (χ2n) is 2.52. The zero-order valence-electron chi connectivity index (χ0n) is 6.66. The fraction of sp³-hybridized carbons (Fsp3) is 0.100. The predicted molar refractivity (Wildman–Crippen MR) is 47.8 cm³/mol. The van der Waals surface area contributed by atoms with Crippen LogP contribution in [0.3, 0.4) is 0 Å². The first-order chi connectivity index (χ1) is 5.74. The van der Waals surface area contributed by atoms with Crippen molar-refractivity contribution in [2.45, 2.75) is 6.42 Å². The van der Waals surface area contributed by atoms with Gasteiger partial charge in [-0.25, -0.2) is 0 Å². The summed E-state index contributed by atoms with van der Waals surface area (Å²) in [6, 6.07) is 6.62. The minimum absolute atomic E-state index is 0.220. The topological polar surface area (TPSA) is 37.3 Å². The molecule has 0 aliphatic heterocycles. The number of allylic oxidation sites excluding steroid dienone is 1. The van der Waals surface area contributed by atoms with Gasteiger partial charge in [-0.2, -0.15) is 0 Å². The molecule has 0 saturated heterocycles. The van der Waals surface area contributed by atoms with Gasteiger partial charge in [-0.1, -0.05) is 18.7 Å². The van der Waals surface area contributed by atoms with Gasteiger partial charge >= 0.3 is 0 Å². The molecule has 0 spiro atoms. The molecule has 0 aromatic heterocycles. The quantitative estimate of drug-likeness (QED) is 0.690. The molecule has 0 unspecified atom stereocenters. The van der Waals surface area contributed by atoms with Crippen LogP contribution in [0.15, 0.2) is 30.8 Å². The number of aromatic hydroxyl groups is 1. The molecule has 0 aliphatic rings. The molecule has 2 nitrogen and oxygen atoms in total. The van der Waals surface area contributed by atoms with Crippen LogP contribution in [0.2, 0.25) is 0 Å². The summed E-state index contributed by atoms with van der Waals surface area (Å²) in [6.07, 6.45) is 1.15. The first-order valence-electron chi connectivity index (χ1n) is 3.65. The molecule has 0 saturated carbocycles. The molecule has 2 heteroatoms. The highest BCUT2D eigenvalue weighted by Crippen LogP contribution is 2.17. The van der Waals surface area contributed by atoms with Crippen molar-refractivity contribution in [2.24, 2.45) is 0 Å². The van der Waals surface area contributed by atoms with Gasteiger partial charge in [0.25, 0.3) is 0 Å². The van der Waals surface area contributed by atoms with Gasteiger partial charge < -0.3 is 9.90 Å². The van der Waals surface area contributed by atoms with Crippen molar-refractivity contribution in [1.29, 1.82) is 0 Å². The molecule has 0 heterocycles. The Labute approximate surface area is 71.2 Å². The molecular formula is C10H10O2. The van der Waals surface area contributed by atoms with Crippen LogP contribution in [-0.4, -0.2) is 11.4 Å². The molecule has 1 aromatic carbocycles. The first kappa shape index (κ1) is 8.53. The van der Waals surface area contributed by atoms with Crippen molar-refractivity contribution in [2.75, 3.05) is 0 Å². The Kier molecular flexibility index (Phi) is 2.64. The molecule has 62 valence electrons. The van der Waals surface area contributed by atoms with E-state index in [0.29, 0.717) is 6.42 Å². The molecule has 1 aromatic rings. The molecule has 12 heavy (non-hydrogen) atoms. The van der Waals surface area contributed by atoms with E-state index in [1.807, 2.05) is 0 Å². The van der Waals surface area contributed by atoms with Crippen LogP contribution in [0.25, 0.3) is 5.57 Å². The standard InChI is InChI=1S/C10H10O2/c1-8(6-7-11)9-2-4-10(12)5-3-9/h2-5,7,12H,1,6H2. The molecule has 0 radical (unpaired) electrons. The van der Waals surface area contributed by atoms with Gasteiger partial charge in [-0.3, -0.25) is 0 Å². The third-order valence-electron chi connectivity index (χ3n) is 1.61. The first-order valence-corrected chi connectivity index (χ1v) is 3.65. The SMILES string of the molecule is C=C(CC=O)c1ccc(O)cc1. The summed E-state index contributed by atoms with van der Waals surface area (Å²) in [4.78, 5) is 10.1. The van der Waals surface area contributed by atoms with Gasteiger partial charge in [0.05, 0.1) is 0 Å². The minimum Gasteiger partial charge on any atom is -0.508 e. The van der Waals surface area contributed by atoms with Crippen LogP contribution in [0, 0.1) is 0 Å². The van der Waals surface area contributed by atoms with Crippen molar-refractivity contribution in [3.63, 3.8) is 0 Å². The van der Waals surface area contributed by atoms with Gasteiger partial charge in [-0.15, -0.1) is 0 Å². The summed E-state index contributed by atoms with van der Waals surface area (Å²) in [5.74, 6) is 0.220. The van der Waals surface area contributed by atoms with E-state index < -0.39 is 0 Å². The van der Waals surface area contributed by atoms with Gasteiger partial charge in [0.15, 0.2) is 0 Å². The molecule has 1 N–H and O–H groups in total. The van der Waals surface area contributed by atoms with Crippen LogP contribution < -0.4 is 0 Å². The smallest absolute Gasteiger partial charge is 0.124 e. The monoisotopic (exact) mass is 162 g/mol. The van der Waals surface area contributed by atoms with E-state index in [1.54, 1.807) is 24.3 Å². The third-order valence-corrected chi connectivity index (χ3v) is 1.61. The molecule has 0 amide bonds. The highest BCUT2D eigenvalue weighted by Gasteiger charge is 1.96. The van der Waals surface area contributed by atoms with Gasteiger partial charge in [0.2, 0.25) is 0 Å². The van der Waals surface area contributed by atoms with Gasteiger partial charge in [-0.05, 0) is 23.3 Å². The highest BCUT2D eigenvalue weighted by atomic mass is 16.3. The van der Waals surface area contributed by atoms with E-state index in [4.69, 9.17) is 5.11 Å². The lowest BCUT2D eigenvalue weighted by molar-refractivity contribution is -0.107. The summed E-state index contributed by atoms with van der Waals surface area (Å²) >= 11 is 0. The number of rotatable bonds is 3. The lowest BCUT2D eigenvalue weighted by Gasteiger charge is -2.00. The summed E-state index contributed by atoms with van der Waals surface area (Å²) < 4.78 is 0. The molecule has 0 bridgehead atoms. The summed E-state index contributed by atoms with van der Waals surface area (Å²) in [5.41, 5.74) is 1.66. The van der Waals surface area contributed by atoms with E-state index in [9.17, 15) is 4.79 Å². The Bertz CT molecular complexity index is 285. The van der Waals surface area contributed by atoms with Crippen molar-refractivity contribution < 1.29 is 9.90 Å². The lowest BCUT2D eigenvalue weighted by Crippen LogP contribution is -1.82. The van der Waals surface area contributed by atoms with Crippen molar-refractivity contribution in [3.8, 4) is 5.75 Å². The normalized spacial score (nSPS) is 9.33. The molecular weight excluding hydrogens is 152 g/mol. The van der Waals surface area contributed by atoms with Crippen molar-refractivity contribution >= 4 is 11.9 Å². The maximum atomic E-state index is 10.1. The Morgan fingerprint density at radius 2 is 2.00 bits per heavy atom. The summed E-state index contributed by atoms with van der Waals surface area (Å²) in [7, 11) is 0. The number of carbonyl (C=O) groups excluding carboxylic acids is 1. The van der Waals surface area contributed by atoms with Crippen molar-refractivity contribution in [3.05, 3.63) is 36.4 Å². The number of phenolic OH excluding ortho intramolecular Hbond substituents is 1. The average molecular weight is 162 g/mol. The van der Waals surface area contributed by atoms with Gasteiger partial charge in [0, 0.05) is 6.42 Å². The van der Waals surface area contributed by atoms with Crippen LogP contribution in [0.1, 0.15) is 12.0 Å². The fourth-order valence-electron chi connectivity index (χ4n) is 0.916. The zero-order chi connectivity index (χ0) is 8.97. The zero-order valence-corrected chi connectivity index (χ0v) is 6.66. The van der Waals surface area contributed by atoms with E-state index in [1.165, 1.54) is 0 Å². The van der Waals surface area contributed by atoms with E-state index in [0.717, 1.165) is 17.4 Å². The average Bonchev–Trinajstić information content (AvgIpc) is 2.06. The Morgan fingerprint density at radius 3 is 2.50 bits per heavy atom. The second-order valence-corrected chi connectivity index (χ2v) is 2.52. The maximum Gasteiger partial charge on any atom is 0.124 e. The van der Waals surface area contributed by atoms with Gasteiger partial charge in [0.1, 0.15) is 12.0 Å². The van der Waals surface area contributed by atoms with Crippen LogP contribution >= 0.6 is 0 Å². The Morgan fingerprint density at radius 1 is 1.42 bits per heavy atom. The van der Waals surface area contributed by atoms with Crippen LogP contribution in [-0.2, 0) is 4.79 Å². The van der Waals surface area contributed by atoms with Crippen molar-refractivity contribution in [1.82, 2.24) is 0 Å². The Balaban J connectivity index is 2.82. The number of aldehydes is 1. The van der Waals surface area contributed by atoms with Crippen LogP contribution in [0.4, 0.5) is 0 Å². The van der Waals surface area contributed by atoms with Crippen LogP contribution in [0.5, 0.6) is 5.75 Å². The summed E-state index contributed by atoms with van der Waals surface area (Å²) in [6.45, 7) is 3.73. The maximum absolute atomic E-state index is 10.1. The molecule has 0 atom stereocenters. The molecule has 0 aliphatic carbocycles. The van der Waals surface area contributed by atoms with E-state index in [-0.39, 0.29) is 5.75 Å². The largest absolute Gasteiger partial charge is 0.508 e. The number of benzene rings is 1. The molecule has 0 fully saturated rings. The fourth-order valence-corrected chi connectivity index (χ4v) is 0.916. The number of phenols is 1. The predicted octanol–water partition coefficient (Wildman–Crippen LogP) is 1.99. The van der Waals surface area contributed by atoms with E-state index in [2.05, 4.69) is 6.58 Å². The second kappa shape index (κ2) is 3.72. The number of carbonyl (C=O) groups is 1. The lowest BCUT2D eigenvalue weighted by atomic mass is 10.1. The number of hydrogen-bond donors (Lipinski definition) is 1. The number of hydrogen-bond acceptors (Lipinski definition) is 2. The highest BCUT2D eigenvalue weighted by molar-refractivity contribution is 5.75.